The van der Waals surface area contributed by atoms with E-state index in [1.807, 2.05) is 0 Å². The molecule has 7 heteroatoms. The third-order valence-electron chi connectivity index (χ3n) is 2.05. The first-order valence-electron chi connectivity index (χ1n) is 4.97. The Morgan fingerprint density at radius 3 is 3.00 bits per heavy atom. The Balaban J connectivity index is 2.35. The molecule has 0 fully saturated rings. The molecule has 0 radical (unpaired) electrons. The minimum absolute atomic E-state index is 0.339. The van der Waals surface area contributed by atoms with Gasteiger partial charge in [0.1, 0.15) is 0 Å². The van der Waals surface area contributed by atoms with Crippen molar-refractivity contribution >= 4 is 18.6 Å². The molecule has 0 atom stereocenters. The number of nitrogens with zero attached hydrogens (tertiary/aromatic N) is 4. The first-order chi connectivity index (χ1) is 8.22. The van der Waals surface area contributed by atoms with Crippen molar-refractivity contribution in [1.82, 2.24) is 20.2 Å². The molecule has 0 saturated carbocycles. The zero-order chi connectivity index (χ0) is 12.3. The molecule has 0 spiro atoms. The molecular weight excluding hydrogens is 240 g/mol. The van der Waals surface area contributed by atoms with E-state index in [4.69, 9.17) is 4.74 Å². The molecule has 0 N–H and O–H groups in total. The monoisotopic (exact) mass is 250 g/mol. The van der Waals surface area contributed by atoms with Crippen LogP contribution in [0.25, 0.3) is 5.69 Å². The highest BCUT2D eigenvalue weighted by Crippen LogP contribution is 2.13. The molecule has 2 aromatic rings. The zero-order valence-corrected chi connectivity index (χ0v) is 9.96. The number of tetrazole rings is 1. The molecule has 0 aliphatic heterocycles. The Morgan fingerprint density at radius 2 is 2.35 bits per heavy atom. The Kier molecular flexibility index (Phi) is 3.38. The summed E-state index contributed by atoms with van der Waals surface area (Å²) in [6.45, 7) is 2.10. The van der Waals surface area contributed by atoms with Crippen LogP contribution in [0.3, 0.4) is 0 Å². The summed E-state index contributed by atoms with van der Waals surface area (Å²) >= 11 is 4.10. The Morgan fingerprint density at radius 1 is 1.53 bits per heavy atom. The van der Waals surface area contributed by atoms with Crippen LogP contribution in [0.5, 0.6) is 0 Å². The lowest BCUT2D eigenvalue weighted by Crippen LogP contribution is -2.06. The summed E-state index contributed by atoms with van der Waals surface area (Å²) in [7, 11) is 0. The minimum atomic E-state index is -0.372. The van der Waals surface area contributed by atoms with Crippen molar-refractivity contribution < 1.29 is 9.53 Å². The fourth-order valence-corrected chi connectivity index (χ4v) is 1.52. The van der Waals surface area contributed by atoms with Gasteiger partial charge in [0.15, 0.2) is 0 Å². The van der Waals surface area contributed by atoms with Crippen LogP contribution in [0, 0.1) is 0 Å². The highest BCUT2D eigenvalue weighted by Gasteiger charge is 2.09. The fourth-order valence-electron chi connectivity index (χ4n) is 1.33. The van der Waals surface area contributed by atoms with Crippen LogP contribution in [-0.2, 0) is 4.74 Å². The summed E-state index contributed by atoms with van der Waals surface area (Å²) in [4.78, 5) is 11.5. The summed E-state index contributed by atoms with van der Waals surface area (Å²) in [5.41, 5.74) is 1.11. The van der Waals surface area contributed by atoms with Gasteiger partial charge in [0.2, 0.25) is 5.16 Å². The van der Waals surface area contributed by atoms with Crippen molar-refractivity contribution in [2.75, 3.05) is 6.61 Å². The molecule has 0 aliphatic carbocycles. The van der Waals surface area contributed by atoms with E-state index in [9.17, 15) is 4.79 Å². The second kappa shape index (κ2) is 4.96. The predicted octanol–water partition coefficient (Wildman–Crippen LogP) is 1.13. The van der Waals surface area contributed by atoms with Crippen LogP contribution in [-0.4, -0.2) is 32.8 Å². The smallest absolute Gasteiger partial charge is 0.338 e. The average molecular weight is 250 g/mol. The van der Waals surface area contributed by atoms with Gasteiger partial charge in [-0.3, -0.25) is 0 Å². The molecule has 1 aromatic carbocycles. The quantitative estimate of drug-likeness (QED) is 0.653. The van der Waals surface area contributed by atoms with E-state index in [2.05, 4.69) is 28.2 Å². The van der Waals surface area contributed by atoms with Gasteiger partial charge in [-0.15, -0.1) is 17.7 Å². The molecule has 0 saturated heterocycles. The maximum atomic E-state index is 11.5. The van der Waals surface area contributed by atoms with E-state index in [1.165, 1.54) is 4.68 Å². The normalized spacial score (nSPS) is 10.2. The van der Waals surface area contributed by atoms with E-state index >= 15 is 0 Å². The van der Waals surface area contributed by atoms with Crippen molar-refractivity contribution in [2.24, 2.45) is 0 Å². The number of esters is 1. The Bertz CT molecular complexity index is 541. The molecule has 88 valence electrons. The highest BCUT2D eigenvalue weighted by atomic mass is 32.1. The number of ether oxygens (including phenoxy) is 1. The molecule has 1 heterocycles. The van der Waals surface area contributed by atoms with E-state index in [-0.39, 0.29) is 5.97 Å². The number of rotatable bonds is 3. The number of carbonyl (C=O) groups is 1. The molecule has 2 rings (SSSR count). The fraction of sp³-hybridized carbons (Fsp3) is 0.200. The summed E-state index contributed by atoms with van der Waals surface area (Å²) in [5.74, 6) is -0.372. The van der Waals surface area contributed by atoms with Gasteiger partial charge >= 0.3 is 5.97 Å². The SMILES string of the molecule is CCOC(=O)c1cccc(-n2nnnc2S)c1. The van der Waals surface area contributed by atoms with E-state index in [1.54, 1.807) is 31.2 Å². The van der Waals surface area contributed by atoms with Gasteiger partial charge < -0.3 is 4.74 Å². The third-order valence-corrected chi connectivity index (χ3v) is 2.33. The van der Waals surface area contributed by atoms with Crippen molar-refractivity contribution in [3.05, 3.63) is 29.8 Å². The van der Waals surface area contributed by atoms with Gasteiger partial charge in [-0.1, -0.05) is 6.07 Å². The van der Waals surface area contributed by atoms with Crippen LogP contribution in [0.15, 0.2) is 29.4 Å². The topological polar surface area (TPSA) is 69.9 Å². The van der Waals surface area contributed by atoms with Gasteiger partial charge in [0.25, 0.3) is 0 Å². The van der Waals surface area contributed by atoms with E-state index in [0.29, 0.717) is 23.0 Å². The number of aromatic nitrogens is 4. The second-order valence-corrected chi connectivity index (χ2v) is 3.56. The Labute approximate surface area is 103 Å². The van der Waals surface area contributed by atoms with Crippen LogP contribution in [0.1, 0.15) is 17.3 Å². The zero-order valence-electron chi connectivity index (χ0n) is 9.07. The van der Waals surface area contributed by atoms with Crippen molar-refractivity contribution in [3.63, 3.8) is 0 Å². The molecule has 0 amide bonds. The van der Waals surface area contributed by atoms with Crippen molar-refractivity contribution in [2.45, 2.75) is 12.1 Å². The molecule has 1 aromatic heterocycles. The standard InChI is InChI=1S/C10H10N4O2S/c1-2-16-9(15)7-4-3-5-8(6-7)14-10(17)11-12-13-14/h3-6H,2H2,1H3,(H,11,13,17). The van der Waals surface area contributed by atoms with Gasteiger partial charge in [0.05, 0.1) is 17.9 Å². The molecule has 0 aliphatic rings. The highest BCUT2D eigenvalue weighted by molar-refractivity contribution is 7.80. The minimum Gasteiger partial charge on any atom is -0.462 e. The number of carbonyl (C=O) groups excluding carboxylic acids is 1. The molecule has 6 nitrogen and oxygen atoms in total. The lowest BCUT2D eigenvalue weighted by molar-refractivity contribution is 0.0526. The van der Waals surface area contributed by atoms with Gasteiger partial charge in [0, 0.05) is 0 Å². The third kappa shape index (κ3) is 2.44. The summed E-state index contributed by atoms with van der Waals surface area (Å²) in [6, 6.07) is 6.83. The first-order valence-corrected chi connectivity index (χ1v) is 5.42. The van der Waals surface area contributed by atoms with Gasteiger partial charge in [-0.2, -0.15) is 4.68 Å². The van der Waals surface area contributed by atoms with Crippen LogP contribution in [0.2, 0.25) is 0 Å². The summed E-state index contributed by atoms with van der Waals surface area (Å²) in [5, 5.41) is 11.2. The largest absolute Gasteiger partial charge is 0.462 e. The van der Waals surface area contributed by atoms with E-state index < -0.39 is 0 Å². The maximum absolute atomic E-state index is 11.5. The second-order valence-electron chi connectivity index (χ2n) is 3.16. The average Bonchev–Trinajstić information content (AvgIpc) is 2.76. The summed E-state index contributed by atoms with van der Waals surface area (Å²) in [6.07, 6.45) is 0. The van der Waals surface area contributed by atoms with Gasteiger partial charge in [-0.05, 0) is 35.5 Å². The maximum Gasteiger partial charge on any atom is 0.338 e. The van der Waals surface area contributed by atoms with Crippen LogP contribution < -0.4 is 0 Å². The molecule has 17 heavy (non-hydrogen) atoms. The van der Waals surface area contributed by atoms with Crippen molar-refractivity contribution in [3.8, 4) is 5.69 Å². The lowest BCUT2D eigenvalue weighted by Gasteiger charge is -2.04. The first kappa shape index (κ1) is 11.6. The number of hydrogen-bond donors (Lipinski definition) is 1. The molecular formula is C10H10N4O2S. The lowest BCUT2D eigenvalue weighted by atomic mass is 10.2. The predicted molar refractivity (Wildman–Crippen MR) is 62.4 cm³/mol. The number of thiol groups is 1. The van der Waals surface area contributed by atoms with Crippen LogP contribution >= 0.6 is 12.6 Å². The number of hydrogen-bond acceptors (Lipinski definition) is 6. The van der Waals surface area contributed by atoms with Crippen LogP contribution in [0.4, 0.5) is 0 Å². The van der Waals surface area contributed by atoms with E-state index in [0.717, 1.165) is 0 Å². The molecule has 0 unspecified atom stereocenters. The Hall–Kier alpha value is -1.89. The van der Waals surface area contributed by atoms with Crippen molar-refractivity contribution in [1.29, 1.82) is 0 Å². The van der Waals surface area contributed by atoms with Gasteiger partial charge in [-0.25, -0.2) is 4.79 Å². The summed E-state index contributed by atoms with van der Waals surface area (Å²) < 4.78 is 6.33. The number of benzene rings is 1. The molecule has 0 bridgehead atoms.